The molecule has 0 aliphatic carbocycles. The van der Waals surface area contributed by atoms with Gasteiger partial charge in [0.2, 0.25) is 0 Å². The van der Waals surface area contributed by atoms with Gasteiger partial charge < -0.3 is 0 Å². The van der Waals surface area contributed by atoms with Crippen molar-refractivity contribution in [2.45, 2.75) is 10.4 Å². The summed E-state index contributed by atoms with van der Waals surface area (Å²) in [6.07, 6.45) is 0. The van der Waals surface area contributed by atoms with Crippen LogP contribution in [0.5, 0.6) is 0 Å². The molecule has 0 atom stereocenters. The van der Waals surface area contributed by atoms with Gasteiger partial charge in [0, 0.05) is 0 Å². The third kappa shape index (κ3) is 3.24. The Bertz CT molecular complexity index is 735. The SMILES string of the molecule is OCC[As](Br)(Cc1ccccc1)(c1ccccc1)c1ccccc1. The van der Waals surface area contributed by atoms with Crippen molar-refractivity contribution in [3.8, 4) is 0 Å². The van der Waals surface area contributed by atoms with Crippen molar-refractivity contribution >= 4 is 33.2 Å². The minimum atomic E-state index is -3.42. The molecule has 124 valence electrons. The molecule has 1 nitrogen and oxygen atoms in total. The van der Waals surface area contributed by atoms with E-state index in [1.54, 1.807) is 0 Å². The molecule has 0 aromatic heterocycles. The van der Waals surface area contributed by atoms with E-state index in [-0.39, 0.29) is 6.61 Å². The monoisotopic (exact) mass is 444 g/mol. The predicted octanol–water partition coefficient (Wildman–Crippen LogP) is 3.87. The van der Waals surface area contributed by atoms with Gasteiger partial charge in [0.15, 0.2) is 0 Å². The molecule has 0 spiro atoms. The average molecular weight is 445 g/mol. The number of hydrogen-bond donors (Lipinski definition) is 1. The zero-order valence-electron chi connectivity index (χ0n) is 13.6. The second kappa shape index (κ2) is 7.27. The van der Waals surface area contributed by atoms with Crippen molar-refractivity contribution < 1.29 is 5.11 Å². The predicted molar refractivity (Wildman–Crippen MR) is 109 cm³/mol. The van der Waals surface area contributed by atoms with Gasteiger partial charge in [-0.25, -0.2) is 0 Å². The Morgan fingerprint density at radius 3 is 1.50 bits per heavy atom. The van der Waals surface area contributed by atoms with E-state index in [0.29, 0.717) is 0 Å². The summed E-state index contributed by atoms with van der Waals surface area (Å²) in [7, 11) is -3.42. The quantitative estimate of drug-likeness (QED) is 0.572. The van der Waals surface area contributed by atoms with E-state index < -0.39 is 10.6 Å². The van der Waals surface area contributed by atoms with Crippen LogP contribution in [-0.4, -0.2) is 22.3 Å². The Morgan fingerprint density at radius 2 is 1.08 bits per heavy atom. The number of halogens is 1. The first-order valence-corrected chi connectivity index (χ1v) is 17.1. The molecule has 0 unspecified atom stereocenters. The van der Waals surface area contributed by atoms with Gasteiger partial charge in [0.05, 0.1) is 0 Å². The van der Waals surface area contributed by atoms with E-state index in [1.807, 2.05) is 0 Å². The topological polar surface area (TPSA) is 20.2 Å². The Labute approximate surface area is 151 Å². The van der Waals surface area contributed by atoms with E-state index in [4.69, 9.17) is 0 Å². The molecule has 0 bridgehead atoms. The zero-order valence-corrected chi connectivity index (χ0v) is 17.0. The average Bonchev–Trinajstić information content (AvgIpc) is 2.64. The van der Waals surface area contributed by atoms with Crippen LogP contribution in [0.2, 0.25) is 5.21 Å². The third-order valence-corrected chi connectivity index (χ3v) is 22.8. The maximum atomic E-state index is 9.98. The van der Waals surface area contributed by atoms with E-state index in [9.17, 15) is 5.11 Å². The molecule has 3 aromatic rings. The van der Waals surface area contributed by atoms with Crippen molar-refractivity contribution in [1.82, 2.24) is 0 Å². The van der Waals surface area contributed by atoms with Gasteiger partial charge >= 0.3 is 152 Å². The Kier molecular flexibility index (Phi) is 5.29. The Balaban J connectivity index is 2.25. The molecule has 0 saturated carbocycles. The first-order chi connectivity index (χ1) is 11.7. The zero-order chi connectivity index (χ0) is 16.9. The van der Waals surface area contributed by atoms with Crippen molar-refractivity contribution in [1.29, 1.82) is 0 Å². The first-order valence-electron chi connectivity index (χ1n) is 8.15. The molecule has 0 aliphatic rings. The van der Waals surface area contributed by atoms with Crippen LogP contribution >= 0.6 is 13.9 Å². The van der Waals surface area contributed by atoms with Crippen LogP contribution in [0, 0.1) is 0 Å². The molecule has 0 heterocycles. The van der Waals surface area contributed by atoms with E-state index >= 15 is 0 Å². The summed E-state index contributed by atoms with van der Waals surface area (Å²) in [6.45, 7) is 0.174. The third-order valence-electron chi connectivity index (χ3n) is 4.62. The van der Waals surface area contributed by atoms with Crippen LogP contribution in [-0.2, 0) is 5.21 Å². The van der Waals surface area contributed by atoms with Crippen LogP contribution in [0.4, 0.5) is 0 Å². The van der Waals surface area contributed by atoms with Gasteiger partial charge in [-0.2, -0.15) is 0 Å². The number of aliphatic hydroxyl groups is 1. The molecule has 24 heavy (non-hydrogen) atoms. The first kappa shape index (κ1) is 17.5. The molecular weight excluding hydrogens is 423 g/mol. The van der Waals surface area contributed by atoms with Crippen molar-refractivity contribution in [2.24, 2.45) is 0 Å². The molecule has 0 radical (unpaired) electrons. The minimum absolute atomic E-state index is 0.174. The second-order valence-corrected chi connectivity index (χ2v) is 24.6. The normalized spacial score (nSPS) is 13.2. The Hall–Kier alpha value is -1.34. The van der Waals surface area contributed by atoms with Crippen LogP contribution < -0.4 is 8.70 Å². The standard InChI is InChI=1S/C21H22AsBrO/c23-22(16-17-24,20-12-6-2-7-13-20,21-14-8-3-9-15-21)18-19-10-4-1-5-11-19/h1-15,24H,16-18H2. The molecular formula is C21H22AsBrO. The molecule has 3 aromatic carbocycles. The van der Waals surface area contributed by atoms with Gasteiger partial charge in [-0.3, -0.25) is 0 Å². The van der Waals surface area contributed by atoms with Gasteiger partial charge in [0.1, 0.15) is 0 Å². The summed E-state index contributed by atoms with van der Waals surface area (Å²) >= 11 is 4.33. The molecule has 3 rings (SSSR count). The van der Waals surface area contributed by atoms with Gasteiger partial charge in [-0.1, -0.05) is 0 Å². The molecule has 0 saturated heterocycles. The van der Waals surface area contributed by atoms with Crippen molar-refractivity contribution in [3.63, 3.8) is 0 Å². The number of hydrogen-bond acceptors (Lipinski definition) is 1. The summed E-state index contributed by atoms with van der Waals surface area (Å²) in [5, 5.41) is 11.7. The van der Waals surface area contributed by atoms with E-state index in [1.165, 1.54) is 14.3 Å². The van der Waals surface area contributed by atoms with E-state index in [2.05, 4.69) is 105 Å². The summed E-state index contributed by atoms with van der Waals surface area (Å²) in [6, 6.07) is 32.0. The fourth-order valence-electron chi connectivity index (χ4n) is 3.38. The van der Waals surface area contributed by atoms with Gasteiger partial charge in [-0.05, 0) is 0 Å². The van der Waals surface area contributed by atoms with Gasteiger partial charge in [0.25, 0.3) is 0 Å². The summed E-state index contributed by atoms with van der Waals surface area (Å²) in [5.74, 6) is 0. The fourth-order valence-corrected chi connectivity index (χ4v) is 17.5. The fraction of sp³-hybridized carbons (Fsp3) is 0.143. The second-order valence-electron chi connectivity index (χ2n) is 6.14. The maximum absolute atomic E-state index is 9.98. The van der Waals surface area contributed by atoms with E-state index in [0.717, 1.165) is 10.4 Å². The van der Waals surface area contributed by atoms with Crippen LogP contribution in [0.1, 0.15) is 5.56 Å². The van der Waals surface area contributed by atoms with Crippen molar-refractivity contribution in [2.75, 3.05) is 6.61 Å². The summed E-state index contributed by atoms with van der Waals surface area (Å²) < 4.78 is 2.67. The Morgan fingerprint density at radius 1 is 0.667 bits per heavy atom. The molecule has 3 heteroatoms. The molecule has 0 amide bonds. The van der Waals surface area contributed by atoms with Crippen LogP contribution in [0.15, 0.2) is 91.0 Å². The number of benzene rings is 3. The van der Waals surface area contributed by atoms with Crippen molar-refractivity contribution in [3.05, 3.63) is 96.6 Å². The van der Waals surface area contributed by atoms with Crippen LogP contribution in [0.3, 0.4) is 0 Å². The molecule has 0 fully saturated rings. The number of rotatable bonds is 6. The molecule has 1 N–H and O–H groups in total. The van der Waals surface area contributed by atoms with Crippen LogP contribution in [0.25, 0.3) is 0 Å². The summed E-state index contributed by atoms with van der Waals surface area (Å²) in [4.78, 5) is 0. The molecule has 0 aliphatic heterocycles. The number of aliphatic hydroxyl groups excluding tert-OH is 1. The summed E-state index contributed by atoms with van der Waals surface area (Å²) in [5.41, 5.74) is 1.31. The van der Waals surface area contributed by atoms with Gasteiger partial charge in [-0.15, -0.1) is 0 Å².